The molecule has 0 fully saturated rings. The summed E-state index contributed by atoms with van der Waals surface area (Å²) >= 11 is 11.8. The van der Waals surface area contributed by atoms with Crippen LogP contribution in [0.1, 0.15) is 11.1 Å². The zero-order chi connectivity index (χ0) is 16.4. The largest absolute Gasteiger partial charge is 0.493 e. The second kappa shape index (κ2) is 6.18. The van der Waals surface area contributed by atoms with Crippen molar-refractivity contribution in [2.24, 2.45) is 17.3 Å². The lowest BCUT2D eigenvalue weighted by Crippen LogP contribution is -2.18. The van der Waals surface area contributed by atoms with Gasteiger partial charge in [-0.05, 0) is 25.1 Å². The molecule has 112 valence electrons. The van der Waals surface area contributed by atoms with Crippen LogP contribution >= 0.6 is 23.2 Å². The molecule has 0 spiro atoms. The number of halogens is 2. The minimum absolute atomic E-state index is 0.0340. The van der Waals surface area contributed by atoms with Crippen LogP contribution in [0.4, 0.5) is 11.4 Å². The first kappa shape index (κ1) is 16.0. The molecule has 2 aromatic rings. The highest BCUT2D eigenvalue weighted by Crippen LogP contribution is 2.31. The van der Waals surface area contributed by atoms with Gasteiger partial charge in [0.1, 0.15) is 17.3 Å². The van der Waals surface area contributed by atoms with Crippen LogP contribution < -0.4 is 5.56 Å². The summed E-state index contributed by atoms with van der Waals surface area (Å²) < 4.78 is 0.930. The molecule has 22 heavy (non-hydrogen) atoms. The summed E-state index contributed by atoms with van der Waals surface area (Å²) in [4.78, 5) is 12.1. The third kappa shape index (κ3) is 2.82. The fourth-order valence-electron chi connectivity index (χ4n) is 1.79. The van der Waals surface area contributed by atoms with Crippen molar-refractivity contribution in [2.75, 3.05) is 0 Å². The lowest BCUT2D eigenvalue weighted by Gasteiger charge is -2.08. The van der Waals surface area contributed by atoms with E-state index in [0.717, 1.165) is 4.57 Å². The lowest BCUT2D eigenvalue weighted by atomic mass is 10.1. The summed E-state index contributed by atoms with van der Waals surface area (Å²) in [6, 6.07) is 6.49. The van der Waals surface area contributed by atoms with Gasteiger partial charge in [-0.15, -0.1) is 10.2 Å². The Kier molecular flexibility index (Phi) is 4.50. The minimum atomic E-state index is -0.573. The van der Waals surface area contributed by atoms with Crippen molar-refractivity contribution in [1.82, 2.24) is 4.57 Å². The zero-order valence-corrected chi connectivity index (χ0v) is 13.1. The van der Waals surface area contributed by atoms with Gasteiger partial charge in [0.25, 0.3) is 5.56 Å². The first-order valence-corrected chi connectivity index (χ1v) is 6.81. The number of pyridine rings is 1. The summed E-state index contributed by atoms with van der Waals surface area (Å²) in [7, 11) is 1.34. The molecule has 0 unspecified atom stereocenters. The van der Waals surface area contributed by atoms with E-state index >= 15 is 0 Å². The zero-order valence-electron chi connectivity index (χ0n) is 11.6. The van der Waals surface area contributed by atoms with Crippen molar-refractivity contribution in [3.63, 3.8) is 0 Å². The molecule has 0 aliphatic heterocycles. The molecule has 1 heterocycles. The SMILES string of the molecule is Cc1c(C#N)c(O)n(C)c(=O)c1N=Nc1cc(Cl)ccc1Cl. The van der Waals surface area contributed by atoms with Crippen LogP contribution in [-0.2, 0) is 7.05 Å². The first-order valence-electron chi connectivity index (χ1n) is 6.06. The van der Waals surface area contributed by atoms with Crippen molar-refractivity contribution < 1.29 is 5.11 Å². The maximum atomic E-state index is 12.1. The van der Waals surface area contributed by atoms with Gasteiger partial charge < -0.3 is 5.11 Å². The van der Waals surface area contributed by atoms with Crippen molar-refractivity contribution in [1.29, 1.82) is 5.26 Å². The lowest BCUT2D eigenvalue weighted by molar-refractivity contribution is 0.421. The highest BCUT2D eigenvalue weighted by molar-refractivity contribution is 6.35. The van der Waals surface area contributed by atoms with Crippen LogP contribution in [-0.4, -0.2) is 9.67 Å². The van der Waals surface area contributed by atoms with Gasteiger partial charge in [-0.3, -0.25) is 9.36 Å². The first-order chi connectivity index (χ1) is 10.4. The normalized spacial score (nSPS) is 10.9. The van der Waals surface area contributed by atoms with Gasteiger partial charge >= 0.3 is 0 Å². The van der Waals surface area contributed by atoms with E-state index in [1.807, 2.05) is 6.07 Å². The van der Waals surface area contributed by atoms with E-state index in [4.69, 9.17) is 28.5 Å². The summed E-state index contributed by atoms with van der Waals surface area (Å²) in [6.07, 6.45) is 0. The minimum Gasteiger partial charge on any atom is -0.493 e. The number of azo groups is 1. The van der Waals surface area contributed by atoms with Crippen LogP contribution in [0.5, 0.6) is 5.88 Å². The molecular formula is C14H10Cl2N4O2. The smallest absolute Gasteiger partial charge is 0.281 e. The van der Waals surface area contributed by atoms with Crippen molar-refractivity contribution in [2.45, 2.75) is 6.92 Å². The summed E-state index contributed by atoms with van der Waals surface area (Å²) in [5.74, 6) is -0.412. The number of nitriles is 1. The van der Waals surface area contributed by atoms with Crippen LogP contribution in [0.15, 0.2) is 33.2 Å². The number of rotatable bonds is 2. The molecule has 6 nitrogen and oxygen atoms in total. The predicted octanol–water partition coefficient (Wildman–Crippen LogP) is 3.99. The average Bonchev–Trinajstić information content (AvgIpc) is 2.49. The molecule has 0 amide bonds. The van der Waals surface area contributed by atoms with Gasteiger partial charge in [-0.25, -0.2) is 0 Å². The topological polar surface area (TPSA) is 90.7 Å². The van der Waals surface area contributed by atoms with E-state index in [-0.39, 0.29) is 16.8 Å². The molecule has 0 saturated heterocycles. The van der Waals surface area contributed by atoms with Gasteiger partial charge in [0.05, 0.1) is 5.02 Å². The Balaban J connectivity index is 2.62. The molecule has 0 saturated carbocycles. The Morgan fingerprint density at radius 3 is 2.64 bits per heavy atom. The Morgan fingerprint density at radius 1 is 1.32 bits per heavy atom. The van der Waals surface area contributed by atoms with Crippen molar-refractivity contribution >= 4 is 34.6 Å². The van der Waals surface area contributed by atoms with Crippen molar-refractivity contribution in [3.05, 3.63) is 49.7 Å². The Bertz CT molecular complexity index is 882. The summed E-state index contributed by atoms with van der Waals surface area (Å²) in [5.41, 5.74) is -0.121. The predicted molar refractivity (Wildman–Crippen MR) is 83.4 cm³/mol. The molecule has 1 aromatic heterocycles. The quantitative estimate of drug-likeness (QED) is 0.840. The van der Waals surface area contributed by atoms with Crippen LogP contribution in [0.25, 0.3) is 0 Å². The molecule has 0 atom stereocenters. The number of aromatic hydroxyl groups is 1. The molecule has 8 heteroatoms. The highest BCUT2D eigenvalue weighted by atomic mass is 35.5. The Labute approximate surface area is 135 Å². The fraction of sp³-hybridized carbons (Fsp3) is 0.143. The van der Waals surface area contributed by atoms with E-state index in [2.05, 4.69) is 10.2 Å². The van der Waals surface area contributed by atoms with Gasteiger partial charge in [-0.2, -0.15) is 5.26 Å². The third-order valence-corrected chi connectivity index (χ3v) is 3.61. The molecule has 1 N–H and O–H groups in total. The molecule has 0 bridgehead atoms. The van der Waals surface area contributed by atoms with Gasteiger partial charge in [0, 0.05) is 17.6 Å². The van der Waals surface area contributed by atoms with Crippen molar-refractivity contribution in [3.8, 4) is 11.9 Å². The second-order valence-corrected chi connectivity index (χ2v) is 5.29. The van der Waals surface area contributed by atoms with E-state index in [0.29, 0.717) is 15.7 Å². The molecule has 2 rings (SSSR count). The average molecular weight is 337 g/mol. The number of benzene rings is 1. The summed E-state index contributed by atoms with van der Waals surface area (Å²) in [5, 5.41) is 27.4. The van der Waals surface area contributed by atoms with E-state index in [1.54, 1.807) is 12.1 Å². The molecule has 1 aromatic carbocycles. The molecule has 0 aliphatic rings. The van der Waals surface area contributed by atoms with Crippen LogP contribution in [0.3, 0.4) is 0 Å². The number of hydrogen-bond donors (Lipinski definition) is 1. The summed E-state index contributed by atoms with van der Waals surface area (Å²) in [6.45, 7) is 1.51. The van der Waals surface area contributed by atoms with Crippen LogP contribution in [0.2, 0.25) is 10.0 Å². The number of aromatic nitrogens is 1. The molecule has 0 aliphatic carbocycles. The standard InChI is InChI=1S/C14H10Cl2N4O2/c1-7-9(6-17)13(21)20(2)14(22)12(7)19-18-11-5-8(15)3-4-10(11)16/h3-5,21H,1-2H3. The van der Waals surface area contributed by atoms with E-state index in [9.17, 15) is 9.90 Å². The number of nitrogens with zero attached hydrogens (tertiary/aromatic N) is 4. The van der Waals surface area contributed by atoms with Gasteiger partial charge in [0.15, 0.2) is 5.69 Å². The Hall–Kier alpha value is -2.36. The maximum Gasteiger partial charge on any atom is 0.281 e. The maximum absolute atomic E-state index is 12.1. The Morgan fingerprint density at radius 2 is 2.00 bits per heavy atom. The molecular weight excluding hydrogens is 327 g/mol. The second-order valence-electron chi connectivity index (χ2n) is 4.44. The van der Waals surface area contributed by atoms with E-state index < -0.39 is 11.4 Å². The third-order valence-electron chi connectivity index (χ3n) is 3.06. The fourth-order valence-corrected chi connectivity index (χ4v) is 2.11. The van der Waals surface area contributed by atoms with Gasteiger partial charge in [0.2, 0.25) is 5.88 Å². The van der Waals surface area contributed by atoms with Gasteiger partial charge in [-0.1, -0.05) is 23.2 Å². The van der Waals surface area contributed by atoms with Crippen LogP contribution in [0, 0.1) is 18.3 Å². The monoisotopic (exact) mass is 336 g/mol. The van der Waals surface area contributed by atoms with E-state index in [1.165, 1.54) is 20.0 Å². The number of hydrogen-bond acceptors (Lipinski definition) is 5. The molecule has 0 radical (unpaired) electrons. The highest BCUT2D eigenvalue weighted by Gasteiger charge is 2.17.